The van der Waals surface area contributed by atoms with E-state index < -0.39 is 0 Å². The highest BCUT2D eigenvalue weighted by atomic mass is 16.5. The minimum Gasteiger partial charge on any atom is -0.493 e. The maximum atomic E-state index is 12.1. The molecule has 0 atom stereocenters. The molecule has 0 spiro atoms. The molecule has 0 aromatic heterocycles. The topological polar surface area (TPSA) is 89.1 Å². The zero-order valence-electron chi connectivity index (χ0n) is 16.4. The summed E-state index contributed by atoms with van der Waals surface area (Å²) in [6.07, 6.45) is 0. The number of anilines is 2. The second-order valence-electron chi connectivity index (χ2n) is 5.80. The van der Waals surface area contributed by atoms with Gasteiger partial charge in [-0.15, -0.1) is 0 Å². The largest absolute Gasteiger partial charge is 0.493 e. The van der Waals surface area contributed by atoms with Crippen LogP contribution in [0.3, 0.4) is 0 Å². The first-order valence-corrected chi connectivity index (χ1v) is 8.68. The quantitative estimate of drug-likeness (QED) is 0.727. The van der Waals surface area contributed by atoms with Gasteiger partial charge in [0.2, 0.25) is 11.7 Å². The van der Waals surface area contributed by atoms with Crippen molar-refractivity contribution in [2.24, 2.45) is 0 Å². The second-order valence-corrected chi connectivity index (χ2v) is 5.80. The predicted molar refractivity (Wildman–Crippen MR) is 108 cm³/mol. The summed E-state index contributed by atoms with van der Waals surface area (Å²) in [5.41, 5.74) is 1.26. The summed E-state index contributed by atoms with van der Waals surface area (Å²) >= 11 is 0. The van der Waals surface area contributed by atoms with Crippen LogP contribution in [-0.4, -0.2) is 46.4 Å². The number of carbonyl (C=O) groups is 2. The molecule has 2 rings (SSSR count). The van der Waals surface area contributed by atoms with Crippen LogP contribution in [0.25, 0.3) is 0 Å². The van der Waals surface area contributed by atoms with E-state index in [1.54, 1.807) is 24.3 Å². The lowest BCUT2D eigenvalue weighted by molar-refractivity contribution is -0.116. The van der Waals surface area contributed by atoms with E-state index >= 15 is 0 Å². The predicted octanol–water partition coefficient (Wildman–Crippen LogP) is 2.89. The Balaban J connectivity index is 2.07. The number of hydrogen-bond acceptors (Lipinski definition) is 5. The zero-order valence-corrected chi connectivity index (χ0v) is 16.4. The molecule has 0 fully saturated rings. The number of para-hydroxylation sites is 1. The minimum atomic E-state index is -0.348. The fourth-order valence-electron chi connectivity index (χ4n) is 2.67. The van der Waals surface area contributed by atoms with Crippen LogP contribution < -0.4 is 29.7 Å². The number of benzene rings is 2. The van der Waals surface area contributed by atoms with E-state index in [0.29, 0.717) is 28.6 Å². The Morgan fingerprint density at radius 2 is 1.57 bits per heavy atom. The fourth-order valence-corrected chi connectivity index (χ4v) is 2.67. The molecular weight excluding hydrogens is 362 g/mol. The van der Waals surface area contributed by atoms with Crippen molar-refractivity contribution in [1.82, 2.24) is 5.32 Å². The van der Waals surface area contributed by atoms with Crippen LogP contribution in [0.15, 0.2) is 42.5 Å². The van der Waals surface area contributed by atoms with E-state index in [4.69, 9.17) is 14.2 Å². The molecule has 28 heavy (non-hydrogen) atoms. The van der Waals surface area contributed by atoms with Crippen molar-refractivity contribution in [3.8, 4) is 17.2 Å². The summed E-state index contributed by atoms with van der Waals surface area (Å²) in [7, 11) is 4.53. The average Bonchev–Trinajstić information content (AvgIpc) is 2.70. The average molecular weight is 387 g/mol. The Morgan fingerprint density at radius 1 is 0.964 bits per heavy atom. The Morgan fingerprint density at radius 3 is 2.07 bits per heavy atom. The second kappa shape index (κ2) is 10.1. The summed E-state index contributed by atoms with van der Waals surface area (Å²) in [5, 5.41) is 5.46. The van der Waals surface area contributed by atoms with Gasteiger partial charge < -0.3 is 29.7 Å². The number of hydrogen-bond donors (Lipinski definition) is 2. The monoisotopic (exact) mass is 387 g/mol. The molecule has 0 unspecified atom stereocenters. The van der Waals surface area contributed by atoms with Gasteiger partial charge >= 0.3 is 6.03 Å². The maximum Gasteiger partial charge on any atom is 0.319 e. The van der Waals surface area contributed by atoms with Gasteiger partial charge in [0, 0.05) is 37.8 Å². The van der Waals surface area contributed by atoms with Crippen LogP contribution in [0.5, 0.6) is 17.2 Å². The van der Waals surface area contributed by atoms with Crippen LogP contribution in [0.1, 0.15) is 6.92 Å². The van der Waals surface area contributed by atoms with Gasteiger partial charge in [-0.1, -0.05) is 18.2 Å². The number of carbonyl (C=O) groups excluding carboxylic acids is 2. The van der Waals surface area contributed by atoms with Crippen LogP contribution >= 0.6 is 0 Å². The molecule has 3 amide bonds. The molecule has 0 radical (unpaired) electrons. The lowest BCUT2D eigenvalue weighted by Crippen LogP contribution is -2.39. The van der Waals surface area contributed by atoms with E-state index in [2.05, 4.69) is 10.6 Å². The Hall–Kier alpha value is -3.42. The number of methoxy groups -OCH3 is 3. The first-order chi connectivity index (χ1) is 13.5. The van der Waals surface area contributed by atoms with Crippen LogP contribution in [0.2, 0.25) is 0 Å². The molecule has 2 aromatic carbocycles. The van der Waals surface area contributed by atoms with E-state index in [1.165, 1.54) is 33.2 Å². The molecule has 0 aliphatic heterocycles. The molecule has 2 aromatic rings. The van der Waals surface area contributed by atoms with Crippen molar-refractivity contribution >= 4 is 23.3 Å². The van der Waals surface area contributed by atoms with E-state index in [0.717, 1.165) is 0 Å². The van der Waals surface area contributed by atoms with Gasteiger partial charge in [-0.05, 0) is 12.1 Å². The lowest BCUT2D eigenvalue weighted by Gasteiger charge is -2.23. The molecule has 0 heterocycles. The maximum absolute atomic E-state index is 12.1. The lowest BCUT2D eigenvalue weighted by atomic mass is 10.2. The number of rotatable bonds is 8. The summed E-state index contributed by atoms with van der Waals surface area (Å²) in [6.45, 7) is 1.98. The van der Waals surface area contributed by atoms with Crippen molar-refractivity contribution < 1.29 is 23.8 Å². The molecule has 8 heteroatoms. The van der Waals surface area contributed by atoms with Gasteiger partial charge in [-0.2, -0.15) is 0 Å². The molecule has 0 bridgehead atoms. The number of amides is 3. The number of ether oxygens (including phenoxy) is 3. The summed E-state index contributed by atoms with van der Waals surface area (Å²) in [5.74, 6) is 1.15. The normalized spacial score (nSPS) is 10.0. The van der Waals surface area contributed by atoms with Crippen LogP contribution in [0.4, 0.5) is 16.2 Å². The first kappa shape index (κ1) is 20.9. The number of urea groups is 1. The van der Waals surface area contributed by atoms with Crippen molar-refractivity contribution in [2.75, 3.05) is 44.6 Å². The van der Waals surface area contributed by atoms with Crippen LogP contribution in [0, 0.1) is 0 Å². The van der Waals surface area contributed by atoms with Gasteiger partial charge in [0.15, 0.2) is 11.5 Å². The molecule has 2 N–H and O–H groups in total. The number of nitrogens with zero attached hydrogens (tertiary/aromatic N) is 1. The van der Waals surface area contributed by atoms with Gasteiger partial charge in [0.25, 0.3) is 0 Å². The highest BCUT2D eigenvalue weighted by Crippen LogP contribution is 2.41. The Labute approximate surface area is 164 Å². The summed E-state index contributed by atoms with van der Waals surface area (Å²) < 4.78 is 16.0. The fraction of sp³-hybridized carbons (Fsp3) is 0.300. The minimum absolute atomic E-state index is 0.181. The zero-order chi connectivity index (χ0) is 20.5. The first-order valence-electron chi connectivity index (χ1n) is 8.68. The molecular formula is C20H25N3O5. The van der Waals surface area contributed by atoms with Crippen molar-refractivity contribution in [1.29, 1.82) is 0 Å². The van der Waals surface area contributed by atoms with E-state index in [-0.39, 0.29) is 25.0 Å². The van der Waals surface area contributed by atoms with Crippen LogP contribution in [-0.2, 0) is 4.79 Å². The van der Waals surface area contributed by atoms with E-state index in [1.807, 2.05) is 18.2 Å². The molecule has 0 saturated carbocycles. The van der Waals surface area contributed by atoms with Crippen molar-refractivity contribution in [3.63, 3.8) is 0 Å². The van der Waals surface area contributed by atoms with Gasteiger partial charge in [0.05, 0.1) is 27.0 Å². The highest BCUT2D eigenvalue weighted by molar-refractivity contribution is 5.93. The third kappa shape index (κ3) is 5.29. The Kier molecular flexibility index (Phi) is 7.50. The molecule has 0 aliphatic carbocycles. The molecule has 150 valence electrons. The third-order valence-electron chi connectivity index (χ3n) is 3.99. The smallest absolute Gasteiger partial charge is 0.319 e. The van der Waals surface area contributed by atoms with Crippen molar-refractivity contribution in [2.45, 2.75) is 6.92 Å². The van der Waals surface area contributed by atoms with Gasteiger partial charge in [-0.3, -0.25) is 4.79 Å². The van der Waals surface area contributed by atoms with Gasteiger partial charge in [0.1, 0.15) is 0 Å². The standard InChI is InChI=1S/C20H25N3O5/c1-14(24)23(11-10-21-20(25)22-15-8-6-5-7-9-15)16-12-17(26-2)19(28-4)18(13-16)27-3/h5-9,12-13H,10-11H2,1-4H3,(H2,21,22,25). The number of nitrogens with one attached hydrogen (secondary N) is 2. The van der Waals surface area contributed by atoms with E-state index in [9.17, 15) is 9.59 Å². The Bertz CT molecular complexity index is 786. The SMILES string of the molecule is COc1cc(N(CCNC(=O)Nc2ccccc2)C(C)=O)cc(OC)c1OC. The molecule has 0 saturated heterocycles. The van der Waals surface area contributed by atoms with Gasteiger partial charge in [-0.25, -0.2) is 4.79 Å². The molecule has 0 aliphatic rings. The summed E-state index contributed by atoms with van der Waals surface area (Å²) in [6, 6.07) is 12.1. The highest BCUT2D eigenvalue weighted by Gasteiger charge is 2.19. The third-order valence-corrected chi connectivity index (χ3v) is 3.99. The molecule has 8 nitrogen and oxygen atoms in total. The summed E-state index contributed by atoms with van der Waals surface area (Å²) in [4.78, 5) is 25.7. The van der Waals surface area contributed by atoms with Crippen molar-refractivity contribution in [3.05, 3.63) is 42.5 Å².